The molecular formula is C13H10F3N5S. The maximum absolute atomic E-state index is 12.9. The summed E-state index contributed by atoms with van der Waals surface area (Å²) in [5.74, 6) is 1.03. The first-order chi connectivity index (χ1) is 10.5. The molecule has 1 aliphatic rings. The molecular weight excluding hydrogens is 315 g/mol. The zero-order chi connectivity index (χ0) is 15.7. The summed E-state index contributed by atoms with van der Waals surface area (Å²) >= 11 is 1.21. The lowest BCUT2D eigenvalue weighted by atomic mass is 10.1. The fourth-order valence-electron chi connectivity index (χ4n) is 2.00. The smallest absolute Gasteiger partial charge is 0.226 e. The highest BCUT2D eigenvalue weighted by atomic mass is 32.2. The van der Waals surface area contributed by atoms with E-state index in [0.29, 0.717) is 22.5 Å². The molecule has 1 fully saturated rings. The topological polar surface area (TPSA) is 67.4 Å². The summed E-state index contributed by atoms with van der Waals surface area (Å²) in [6.45, 7) is 0. The van der Waals surface area contributed by atoms with Crippen molar-refractivity contribution in [2.24, 2.45) is 0 Å². The maximum Gasteiger partial charge on any atom is 0.417 e. The molecule has 114 valence electrons. The van der Waals surface area contributed by atoms with Crippen molar-refractivity contribution in [3.8, 4) is 6.07 Å². The molecule has 1 aliphatic carbocycles. The zero-order valence-corrected chi connectivity index (χ0v) is 12.0. The molecule has 5 nitrogen and oxygen atoms in total. The van der Waals surface area contributed by atoms with Crippen molar-refractivity contribution < 1.29 is 13.2 Å². The number of aromatic nitrogens is 4. The Morgan fingerprint density at radius 2 is 2.14 bits per heavy atom. The second kappa shape index (κ2) is 5.61. The van der Waals surface area contributed by atoms with E-state index in [1.807, 2.05) is 0 Å². The predicted molar refractivity (Wildman–Crippen MR) is 71.8 cm³/mol. The van der Waals surface area contributed by atoms with E-state index in [2.05, 4.69) is 15.5 Å². The quantitative estimate of drug-likeness (QED) is 0.808. The van der Waals surface area contributed by atoms with Crippen LogP contribution in [0.15, 0.2) is 23.1 Å². The van der Waals surface area contributed by atoms with Crippen LogP contribution in [0.5, 0.6) is 0 Å². The molecule has 1 aromatic heterocycles. The number of hydrogen-bond donors (Lipinski definition) is 0. The molecule has 0 radical (unpaired) electrons. The molecule has 0 amide bonds. The van der Waals surface area contributed by atoms with Gasteiger partial charge in [-0.15, -0.1) is 16.9 Å². The Hall–Kier alpha value is -2.08. The molecule has 0 bridgehead atoms. The third-order valence-electron chi connectivity index (χ3n) is 3.24. The van der Waals surface area contributed by atoms with E-state index in [-0.39, 0.29) is 5.56 Å². The Kier molecular flexibility index (Phi) is 3.78. The number of nitrogens with zero attached hydrogens (tertiary/aromatic N) is 5. The van der Waals surface area contributed by atoms with Gasteiger partial charge >= 0.3 is 6.18 Å². The summed E-state index contributed by atoms with van der Waals surface area (Å²) in [5, 5.41) is 20.2. The maximum atomic E-state index is 12.9. The van der Waals surface area contributed by atoms with Crippen molar-refractivity contribution in [1.82, 2.24) is 20.2 Å². The third-order valence-corrected chi connectivity index (χ3v) is 4.23. The van der Waals surface area contributed by atoms with E-state index in [1.54, 1.807) is 10.8 Å². The molecule has 9 heteroatoms. The first kappa shape index (κ1) is 14.8. The molecule has 3 rings (SSSR count). The summed E-state index contributed by atoms with van der Waals surface area (Å²) in [6, 6.07) is 5.57. The van der Waals surface area contributed by atoms with Gasteiger partial charge in [0.25, 0.3) is 0 Å². The number of nitriles is 1. The van der Waals surface area contributed by atoms with E-state index >= 15 is 0 Å². The molecule has 1 aromatic carbocycles. The minimum Gasteiger partial charge on any atom is -0.226 e. The highest BCUT2D eigenvalue weighted by Crippen LogP contribution is 2.37. The van der Waals surface area contributed by atoms with Gasteiger partial charge in [0.05, 0.1) is 29.0 Å². The molecule has 0 atom stereocenters. The van der Waals surface area contributed by atoms with E-state index < -0.39 is 11.7 Å². The number of thioether (sulfide) groups is 1. The van der Waals surface area contributed by atoms with Crippen LogP contribution in [0.25, 0.3) is 0 Å². The highest BCUT2D eigenvalue weighted by molar-refractivity contribution is 7.98. The second-order valence-corrected chi connectivity index (χ2v) is 5.93. The molecule has 22 heavy (non-hydrogen) atoms. The largest absolute Gasteiger partial charge is 0.417 e. The summed E-state index contributed by atoms with van der Waals surface area (Å²) in [7, 11) is 0. The lowest BCUT2D eigenvalue weighted by molar-refractivity contribution is -0.137. The molecule has 1 heterocycles. The monoisotopic (exact) mass is 325 g/mol. The van der Waals surface area contributed by atoms with Gasteiger partial charge in [-0.25, -0.2) is 4.68 Å². The Morgan fingerprint density at radius 1 is 1.36 bits per heavy atom. The first-order valence-corrected chi connectivity index (χ1v) is 7.48. The van der Waals surface area contributed by atoms with Crippen LogP contribution in [-0.4, -0.2) is 20.2 Å². The van der Waals surface area contributed by atoms with E-state index in [4.69, 9.17) is 5.26 Å². The molecule has 0 aliphatic heterocycles. The normalized spacial score (nSPS) is 14.8. The minimum absolute atomic E-state index is 0.317. The Labute approximate surface area is 128 Å². The van der Waals surface area contributed by atoms with Gasteiger partial charge in [0, 0.05) is 4.90 Å². The van der Waals surface area contributed by atoms with E-state index in [0.717, 1.165) is 18.9 Å². The highest BCUT2D eigenvalue weighted by Gasteiger charge is 2.34. The van der Waals surface area contributed by atoms with Crippen molar-refractivity contribution in [3.63, 3.8) is 0 Å². The average Bonchev–Trinajstić information content (AvgIpc) is 3.22. The van der Waals surface area contributed by atoms with Crippen LogP contribution in [0, 0.1) is 11.3 Å². The minimum atomic E-state index is -4.54. The first-order valence-electron chi connectivity index (χ1n) is 6.50. The molecule has 0 saturated heterocycles. The Bertz CT molecular complexity index is 730. The fourth-order valence-corrected chi connectivity index (χ4v) is 2.85. The number of hydrogen-bond acceptors (Lipinski definition) is 5. The number of halogens is 3. The van der Waals surface area contributed by atoms with E-state index in [1.165, 1.54) is 23.9 Å². The molecule has 2 aromatic rings. The van der Waals surface area contributed by atoms with Crippen molar-refractivity contribution in [3.05, 3.63) is 35.2 Å². The van der Waals surface area contributed by atoms with Gasteiger partial charge in [-0.1, -0.05) is 0 Å². The predicted octanol–water partition coefficient (Wildman–Crippen LogP) is 3.19. The second-order valence-electron chi connectivity index (χ2n) is 4.88. The Morgan fingerprint density at radius 3 is 2.77 bits per heavy atom. The van der Waals surface area contributed by atoms with Gasteiger partial charge in [0.15, 0.2) is 5.82 Å². The number of benzene rings is 1. The fraction of sp³-hybridized carbons (Fsp3) is 0.385. The lowest BCUT2D eigenvalue weighted by Gasteiger charge is -2.10. The van der Waals surface area contributed by atoms with Gasteiger partial charge in [-0.2, -0.15) is 18.4 Å². The van der Waals surface area contributed by atoms with Crippen LogP contribution < -0.4 is 0 Å². The van der Waals surface area contributed by atoms with Crippen LogP contribution in [0.1, 0.15) is 35.8 Å². The molecule has 0 unspecified atom stereocenters. The number of alkyl halides is 3. The van der Waals surface area contributed by atoms with Crippen LogP contribution in [0.3, 0.4) is 0 Å². The average molecular weight is 325 g/mol. The van der Waals surface area contributed by atoms with Gasteiger partial charge in [0.2, 0.25) is 0 Å². The van der Waals surface area contributed by atoms with Gasteiger partial charge < -0.3 is 0 Å². The van der Waals surface area contributed by atoms with Gasteiger partial charge in [-0.3, -0.25) is 0 Å². The summed E-state index contributed by atoms with van der Waals surface area (Å²) < 4.78 is 40.5. The van der Waals surface area contributed by atoms with Gasteiger partial charge in [0.1, 0.15) is 0 Å². The van der Waals surface area contributed by atoms with Crippen molar-refractivity contribution in [2.75, 3.05) is 0 Å². The lowest BCUT2D eigenvalue weighted by Crippen LogP contribution is -2.08. The SMILES string of the molecule is N#Cc1ccc(SCc2nnnn2C2CC2)cc1C(F)(F)F. The van der Waals surface area contributed by atoms with Gasteiger partial charge in [-0.05, 0) is 41.5 Å². The van der Waals surface area contributed by atoms with Crippen molar-refractivity contribution >= 4 is 11.8 Å². The summed E-state index contributed by atoms with van der Waals surface area (Å²) in [4.78, 5) is 0.427. The molecule has 0 spiro atoms. The van der Waals surface area contributed by atoms with Crippen molar-refractivity contribution in [1.29, 1.82) is 5.26 Å². The zero-order valence-electron chi connectivity index (χ0n) is 11.2. The number of rotatable bonds is 4. The van der Waals surface area contributed by atoms with Crippen LogP contribution >= 0.6 is 11.8 Å². The van der Waals surface area contributed by atoms with Crippen LogP contribution in [0.2, 0.25) is 0 Å². The van der Waals surface area contributed by atoms with Crippen molar-refractivity contribution in [2.45, 2.75) is 35.7 Å². The number of tetrazole rings is 1. The third kappa shape index (κ3) is 3.06. The standard InChI is InChI=1S/C13H10F3N5S/c14-13(15,16)11-5-10(4-1-8(11)6-17)22-7-12-18-19-20-21(12)9-2-3-9/h1,4-5,9H,2-3,7H2. The van der Waals surface area contributed by atoms with E-state index in [9.17, 15) is 13.2 Å². The van der Waals surface area contributed by atoms with Crippen LogP contribution in [-0.2, 0) is 11.9 Å². The molecule has 1 saturated carbocycles. The summed E-state index contributed by atoms with van der Waals surface area (Å²) in [6.07, 6.45) is -2.49. The van der Waals surface area contributed by atoms with Crippen LogP contribution in [0.4, 0.5) is 13.2 Å². The summed E-state index contributed by atoms with van der Waals surface area (Å²) in [5.41, 5.74) is -1.29. The Balaban J connectivity index is 1.78. The molecule has 0 N–H and O–H groups in total.